The molecule has 0 spiro atoms. The molecule has 0 unspecified atom stereocenters. The largest absolute Gasteiger partial charge is 0.505 e. The number of hydrogen-bond acceptors (Lipinski definition) is 4. The van der Waals surface area contributed by atoms with Crippen LogP contribution in [-0.2, 0) is 0 Å². The minimum absolute atomic E-state index is 0.00892. The monoisotopic (exact) mass is 512 g/mol. The van der Waals surface area contributed by atoms with Crippen LogP contribution >= 0.6 is 23.2 Å². The maximum atomic E-state index is 12.6. The van der Waals surface area contributed by atoms with Crippen molar-refractivity contribution in [2.75, 3.05) is 5.32 Å². The zero-order valence-corrected chi connectivity index (χ0v) is 22.4. The van der Waals surface area contributed by atoms with Crippen molar-refractivity contribution >= 4 is 45.6 Å². The highest BCUT2D eigenvalue weighted by molar-refractivity contribution is 6.37. The normalized spacial score (nSPS) is 18.3. The molecule has 1 aromatic heterocycles. The van der Waals surface area contributed by atoms with Gasteiger partial charge in [-0.2, -0.15) is 0 Å². The quantitative estimate of drug-likeness (QED) is 0.310. The van der Waals surface area contributed by atoms with Gasteiger partial charge in [-0.05, 0) is 92.3 Å². The number of anilines is 1. The molecule has 2 aromatic carbocycles. The van der Waals surface area contributed by atoms with E-state index in [1.807, 2.05) is 13.0 Å². The van der Waals surface area contributed by atoms with Gasteiger partial charge in [-0.1, -0.05) is 49.9 Å². The van der Waals surface area contributed by atoms with Crippen molar-refractivity contribution < 1.29 is 9.90 Å². The number of carbonyl (C=O) groups is 1. The van der Waals surface area contributed by atoms with Gasteiger partial charge in [0, 0.05) is 17.6 Å². The molecule has 1 aliphatic rings. The minimum Gasteiger partial charge on any atom is -0.505 e. The summed E-state index contributed by atoms with van der Waals surface area (Å²) in [6.45, 7) is 8.18. The van der Waals surface area contributed by atoms with Crippen LogP contribution in [-0.4, -0.2) is 21.9 Å². The summed E-state index contributed by atoms with van der Waals surface area (Å²) in [7, 11) is 0. The zero-order valence-electron chi connectivity index (χ0n) is 20.9. The lowest BCUT2D eigenvalue weighted by atomic mass is 9.82. The number of phenols is 1. The van der Waals surface area contributed by atoms with Crippen molar-refractivity contribution in [1.82, 2.24) is 4.98 Å². The third-order valence-electron chi connectivity index (χ3n) is 7.27. The van der Waals surface area contributed by atoms with E-state index < -0.39 is 0 Å². The third-order valence-corrected chi connectivity index (χ3v) is 7.85. The number of halogens is 2. The number of carbonyl (C=O) groups excluding carboxylic acids is 1. The molecule has 2 N–H and O–H groups in total. The highest BCUT2D eigenvalue weighted by Crippen LogP contribution is 2.40. The minimum atomic E-state index is -0.123. The fourth-order valence-electron chi connectivity index (χ4n) is 5.17. The molecule has 6 heteroatoms. The number of rotatable bonds is 7. The number of hydrogen-bond donors (Lipinski definition) is 2. The predicted molar refractivity (Wildman–Crippen MR) is 147 cm³/mol. The van der Waals surface area contributed by atoms with E-state index in [-0.39, 0.29) is 21.6 Å². The smallest absolute Gasteiger partial charge is 0.163 e. The molecule has 35 heavy (non-hydrogen) atoms. The standard InChI is InChI=1S/C29H34Cl2N2O2/c1-16(2)5-6-19-7-9-21(10-8-19)33-28-23-14-22(20-12-25(30)29(35)26(31)13-20)17(3)11-27(23)32-15-24(28)18(4)34/h11-16,19,21,35H,5-10H2,1-4H3,(H,32,33). The number of aromatic hydroxyl groups is 1. The highest BCUT2D eigenvalue weighted by atomic mass is 35.5. The molecule has 0 aliphatic heterocycles. The number of aromatic nitrogens is 1. The van der Waals surface area contributed by atoms with Crippen LogP contribution in [0.1, 0.15) is 75.2 Å². The van der Waals surface area contributed by atoms with Gasteiger partial charge in [-0.3, -0.25) is 9.78 Å². The van der Waals surface area contributed by atoms with Gasteiger partial charge in [0.2, 0.25) is 0 Å². The fraction of sp³-hybridized carbons (Fsp3) is 0.448. The fourth-order valence-corrected chi connectivity index (χ4v) is 5.65. The Hall–Kier alpha value is -2.30. The van der Waals surface area contributed by atoms with Crippen LogP contribution in [0.25, 0.3) is 22.0 Å². The Morgan fingerprint density at radius 3 is 2.37 bits per heavy atom. The summed E-state index contributed by atoms with van der Waals surface area (Å²) in [6, 6.07) is 7.84. The van der Waals surface area contributed by atoms with Gasteiger partial charge in [-0.25, -0.2) is 0 Å². The first kappa shape index (κ1) is 25.8. The first-order valence-corrected chi connectivity index (χ1v) is 13.3. The van der Waals surface area contributed by atoms with Gasteiger partial charge < -0.3 is 10.4 Å². The van der Waals surface area contributed by atoms with Crippen LogP contribution in [0.2, 0.25) is 10.0 Å². The number of phenolic OH excluding ortho intramolecular Hbond substituents is 1. The van der Waals surface area contributed by atoms with E-state index in [0.717, 1.165) is 58.0 Å². The van der Waals surface area contributed by atoms with Gasteiger partial charge in [0.05, 0.1) is 26.8 Å². The van der Waals surface area contributed by atoms with Crippen LogP contribution in [0.3, 0.4) is 0 Å². The van der Waals surface area contributed by atoms with E-state index in [9.17, 15) is 9.90 Å². The predicted octanol–water partition coefficient (Wildman–Crippen LogP) is 8.83. The number of benzene rings is 2. The zero-order chi connectivity index (χ0) is 25.3. The van der Waals surface area contributed by atoms with Crippen molar-refractivity contribution in [3.63, 3.8) is 0 Å². The molecule has 0 bridgehead atoms. The molecule has 1 aliphatic carbocycles. The average molecular weight is 514 g/mol. The first-order valence-electron chi connectivity index (χ1n) is 12.5. The first-order chi connectivity index (χ1) is 16.6. The Kier molecular flexibility index (Phi) is 7.92. The van der Waals surface area contributed by atoms with E-state index in [1.165, 1.54) is 25.7 Å². The van der Waals surface area contributed by atoms with Crippen LogP contribution in [0, 0.1) is 18.8 Å². The Balaban J connectivity index is 1.70. The SMILES string of the molecule is CC(=O)c1cnc2cc(C)c(-c3cc(Cl)c(O)c(Cl)c3)cc2c1NC1CCC(CCC(C)C)CC1. The average Bonchev–Trinajstić information content (AvgIpc) is 2.81. The number of aryl methyl sites for hydroxylation is 1. The third kappa shape index (κ3) is 5.76. The van der Waals surface area contributed by atoms with Gasteiger partial charge in [0.25, 0.3) is 0 Å². The highest BCUT2D eigenvalue weighted by Gasteiger charge is 2.24. The molecule has 1 saturated carbocycles. The van der Waals surface area contributed by atoms with E-state index in [4.69, 9.17) is 23.2 Å². The summed E-state index contributed by atoms with van der Waals surface area (Å²) >= 11 is 12.4. The van der Waals surface area contributed by atoms with Crippen molar-refractivity contribution in [2.24, 2.45) is 11.8 Å². The second-order valence-corrected chi connectivity index (χ2v) is 11.2. The lowest BCUT2D eigenvalue weighted by Crippen LogP contribution is -2.27. The van der Waals surface area contributed by atoms with Gasteiger partial charge >= 0.3 is 0 Å². The number of Topliss-reactive ketones (excluding diaryl/α,β-unsaturated/α-hetero) is 1. The van der Waals surface area contributed by atoms with E-state index in [2.05, 4.69) is 30.2 Å². The number of nitrogens with zero attached hydrogens (tertiary/aromatic N) is 1. The van der Waals surface area contributed by atoms with Gasteiger partial charge in [0.15, 0.2) is 11.5 Å². The van der Waals surface area contributed by atoms with Crippen molar-refractivity contribution in [2.45, 2.75) is 72.3 Å². The topological polar surface area (TPSA) is 62.2 Å². The maximum absolute atomic E-state index is 12.6. The summed E-state index contributed by atoms with van der Waals surface area (Å²) in [6.07, 6.45) is 8.93. The van der Waals surface area contributed by atoms with Crippen LogP contribution < -0.4 is 5.32 Å². The van der Waals surface area contributed by atoms with Crippen LogP contribution in [0.5, 0.6) is 5.75 Å². The molecule has 4 nitrogen and oxygen atoms in total. The summed E-state index contributed by atoms with van der Waals surface area (Å²) in [5.74, 6) is 1.42. The van der Waals surface area contributed by atoms with E-state index >= 15 is 0 Å². The van der Waals surface area contributed by atoms with Crippen LogP contribution in [0.15, 0.2) is 30.5 Å². The van der Waals surface area contributed by atoms with Crippen molar-refractivity contribution in [1.29, 1.82) is 0 Å². The Labute approximate surface area is 218 Å². The molecule has 0 atom stereocenters. The van der Waals surface area contributed by atoms with Crippen LogP contribution in [0.4, 0.5) is 5.69 Å². The second-order valence-electron chi connectivity index (χ2n) is 10.4. The summed E-state index contributed by atoms with van der Waals surface area (Å²) in [5, 5.41) is 15.0. The molecular formula is C29H34Cl2N2O2. The lowest BCUT2D eigenvalue weighted by molar-refractivity contribution is 0.101. The van der Waals surface area contributed by atoms with Gasteiger partial charge in [0.1, 0.15) is 0 Å². The number of fused-ring (bicyclic) bond motifs is 1. The Morgan fingerprint density at radius 2 is 1.77 bits per heavy atom. The van der Waals surface area contributed by atoms with Gasteiger partial charge in [-0.15, -0.1) is 0 Å². The second kappa shape index (κ2) is 10.8. The molecule has 3 aromatic rings. The molecule has 1 heterocycles. The van der Waals surface area contributed by atoms with Crippen molar-refractivity contribution in [3.8, 4) is 16.9 Å². The molecule has 0 amide bonds. The molecule has 1 fully saturated rings. The summed E-state index contributed by atoms with van der Waals surface area (Å²) in [5.41, 5.74) is 5.04. The van der Waals surface area contributed by atoms with E-state index in [1.54, 1.807) is 25.3 Å². The molecular weight excluding hydrogens is 479 g/mol. The Morgan fingerprint density at radius 1 is 1.11 bits per heavy atom. The molecule has 186 valence electrons. The van der Waals surface area contributed by atoms with Crippen molar-refractivity contribution in [3.05, 3.63) is 51.6 Å². The number of nitrogens with one attached hydrogen (secondary N) is 1. The van der Waals surface area contributed by atoms with E-state index in [0.29, 0.717) is 11.6 Å². The molecule has 0 radical (unpaired) electrons. The Bertz CT molecular complexity index is 1220. The maximum Gasteiger partial charge on any atom is 0.163 e. The summed E-state index contributed by atoms with van der Waals surface area (Å²) < 4.78 is 0. The molecule has 4 rings (SSSR count). The lowest BCUT2D eigenvalue weighted by Gasteiger charge is -2.31. The summed E-state index contributed by atoms with van der Waals surface area (Å²) in [4.78, 5) is 17.2. The number of pyridine rings is 1. The molecule has 0 saturated heterocycles. The number of ketones is 1.